The molecule has 8 amide bonds. The smallest absolute Gasteiger partial charge is 0.326 e. The molecule has 0 heterocycles. The first-order valence-electron chi connectivity index (χ1n) is 20.0. The number of amides is 8. The summed E-state index contributed by atoms with van der Waals surface area (Å²) < 4.78 is 0. The van der Waals surface area contributed by atoms with E-state index in [2.05, 4.69) is 42.5 Å². The van der Waals surface area contributed by atoms with Crippen LogP contribution in [0.15, 0.2) is 0 Å². The maximum Gasteiger partial charge on any atom is 0.326 e. The molecule has 0 rings (SSSR count). The zero-order valence-corrected chi connectivity index (χ0v) is 35.8. The van der Waals surface area contributed by atoms with E-state index >= 15 is 0 Å². The van der Waals surface area contributed by atoms with E-state index in [0.29, 0.717) is 32.2 Å². The molecule has 0 bridgehead atoms. The maximum atomic E-state index is 13.2. The average Bonchev–Trinajstić information content (AvgIpc) is 3.14. The van der Waals surface area contributed by atoms with Gasteiger partial charge >= 0.3 is 5.97 Å². The van der Waals surface area contributed by atoms with E-state index in [0.717, 1.165) is 0 Å². The Bertz CT molecular complexity index is 1410. The SMILES string of the molecule is CC[C@H](C)[C@H](NC(=O)[C@@H](NC(=O)[C@H](C)NC(=O)[C@@H](NC(=O)CNC(=O)CNC(=O)[C@H](C)NC(=O)[C@H](CC(C)C)NC(=O)[C@@H](N)CCCCN)C(C)C)C(C)C)C(=O)O. The number of carbonyl (C=O) groups is 9. The second-order valence-corrected chi connectivity index (χ2v) is 15.8. The first-order valence-corrected chi connectivity index (χ1v) is 20.0. The van der Waals surface area contributed by atoms with Crippen molar-refractivity contribution in [3.8, 4) is 0 Å². The summed E-state index contributed by atoms with van der Waals surface area (Å²) in [7, 11) is 0. The van der Waals surface area contributed by atoms with Crippen LogP contribution in [0.4, 0.5) is 0 Å². The largest absolute Gasteiger partial charge is 0.480 e. The molecule has 58 heavy (non-hydrogen) atoms. The highest BCUT2D eigenvalue weighted by Crippen LogP contribution is 2.11. The minimum Gasteiger partial charge on any atom is -0.480 e. The van der Waals surface area contributed by atoms with Gasteiger partial charge in [-0.25, -0.2) is 4.79 Å². The van der Waals surface area contributed by atoms with Gasteiger partial charge < -0.3 is 59.1 Å². The summed E-state index contributed by atoms with van der Waals surface area (Å²) in [4.78, 5) is 114. The van der Waals surface area contributed by atoms with Crippen molar-refractivity contribution < 1.29 is 48.3 Å². The quantitative estimate of drug-likeness (QED) is 0.0406. The molecule has 0 saturated carbocycles. The molecule has 0 aliphatic carbocycles. The summed E-state index contributed by atoms with van der Waals surface area (Å²) in [5.41, 5.74) is 11.5. The predicted molar refractivity (Wildman–Crippen MR) is 216 cm³/mol. The molecule has 0 aromatic heterocycles. The maximum absolute atomic E-state index is 13.2. The predicted octanol–water partition coefficient (Wildman–Crippen LogP) is -1.89. The van der Waals surface area contributed by atoms with Gasteiger partial charge in [0, 0.05) is 0 Å². The summed E-state index contributed by atoms with van der Waals surface area (Å²) in [6.45, 7) is 16.0. The summed E-state index contributed by atoms with van der Waals surface area (Å²) >= 11 is 0. The molecule has 20 heteroatoms. The Morgan fingerprint density at radius 3 is 1.57 bits per heavy atom. The van der Waals surface area contributed by atoms with E-state index in [-0.39, 0.29) is 18.3 Å². The van der Waals surface area contributed by atoms with Crippen LogP contribution >= 0.6 is 0 Å². The van der Waals surface area contributed by atoms with E-state index in [1.54, 1.807) is 41.5 Å². The molecule has 0 radical (unpaired) electrons. The molecular formula is C38H70N10O10. The van der Waals surface area contributed by atoms with Gasteiger partial charge in [-0.3, -0.25) is 38.4 Å². The van der Waals surface area contributed by atoms with Crippen LogP contribution in [0, 0.1) is 23.7 Å². The van der Waals surface area contributed by atoms with E-state index in [4.69, 9.17) is 11.5 Å². The third kappa shape index (κ3) is 20.0. The molecule has 20 nitrogen and oxygen atoms in total. The Kier molecular flexibility index (Phi) is 24.7. The van der Waals surface area contributed by atoms with E-state index in [1.165, 1.54) is 13.8 Å². The molecule has 0 aliphatic rings. The van der Waals surface area contributed by atoms with Crippen LogP contribution in [0.1, 0.15) is 101 Å². The van der Waals surface area contributed by atoms with Crippen molar-refractivity contribution in [1.82, 2.24) is 42.5 Å². The number of aliphatic carboxylic acids is 1. The molecule has 13 N–H and O–H groups in total. The Morgan fingerprint density at radius 1 is 0.552 bits per heavy atom. The minimum absolute atomic E-state index is 0.0238. The van der Waals surface area contributed by atoms with Gasteiger partial charge in [-0.15, -0.1) is 0 Å². The molecule has 0 aromatic carbocycles. The third-order valence-electron chi connectivity index (χ3n) is 9.31. The zero-order valence-electron chi connectivity index (χ0n) is 35.8. The molecule has 0 unspecified atom stereocenters. The normalized spacial score (nSPS) is 15.4. The lowest BCUT2D eigenvalue weighted by atomic mass is 9.97. The Labute approximate surface area is 342 Å². The lowest BCUT2D eigenvalue weighted by Crippen LogP contribution is -2.59. The van der Waals surface area contributed by atoms with Crippen LogP contribution in [0.2, 0.25) is 0 Å². The topological polar surface area (TPSA) is 322 Å². The van der Waals surface area contributed by atoms with Crippen molar-refractivity contribution in [2.75, 3.05) is 19.6 Å². The lowest BCUT2D eigenvalue weighted by Gasteiger charge is -2.28. The minimum atomic E-state index is -1.20. The fraction of sp³-hybridized carbons (Fsp3) is 0.763. The second-order valence-electron chi connectivity index (χ2n) is 15.8. The molecular weight excluding hydrogens is 756 g/mol. The first-order chi connectivity index (χ1) is 27.0. The highest BCUT2D eigenvalue weighted by Gasteiger charge is 2.33. The number of nitrogens with one attached hydrogen (secondary N) is 8. The molecule has 0 aromatic rings. The Hall–Kier alpha value is -4.85. The second kappa shape index (κ2) is 27.0. The summed E-state index contributed by atoms with van der Waals surface area (Å²) in [5, 5.41) is 29.5. The number of unbranched alkanes of at least 4 members (excludes halogenated alkanes) is 1. The van der Waals surface area contributed by atoms with Crippen molar-refractivity contribution in [2.24, 2.45) is 35.1 Å². The molecule has 8 atom stereocenters. The van der Waals surface area contributed by atoms with Crippen LogP contribution < -0.4 is 54.0 Å². The van der Waals surface area contributed by atoms with Crippen LogP contribution in [0.3, 0.4) is 0 Å². The molecule has 0 spiro atoms. The number of hydrogen-bond acceptors (Lipinski definition) is 11. The highest BCUT2D eigenvalue weighted by atomic mass is 16.4. The van der Waals surface area contributed by atoms with Crippen LogP contribution in [-0.2, 0) is 43.2 Å². The standard InChI is InChI=1S/C38H70N10O10/c1-11-22(8)31(38(57)58)48-37(56)30(21(6)7)47-33(52)24(10)44-36(55)29(20(4)5)46-28(50)18-41-27(49)17-42-32(51)23(9)43-35(54)26(16-19(2)3)45-34(53)25(40)14-12-13-15-39/h19-26,29-31H,11-18,39-40H2,1-10H3,(H,41,49)(H,42,51)(H,43,54)(H,44,55)(H,45,53)(H,46,50)(H,47,52)(H,48,56)(H,57,58)/t22-,23-,24-,25-,26-,29-,30-,31-/m0/s1. The van der Waals surface area contributed by atoms with Gasteiger partial charge in [-0.1, -0.05) is 68.2 Å². The van der Waals surface area contributed by atoms with Gasteiger partial charge in [0.25, 0.3) is 0 Å². The third-order valence-corrected chi connectivity index (χ3v) is 9.31. The molecule has 332 valence electrons. The summed E-state index contributed by atoms with van der Waals surface area (Å²) in [5.74, 6) is -7.83. The zero-order chi connectivity index (χ0) is 44.9. The van der Waals surface area contributed by atoms with Crippen LogP contribution in [-0.4, -0.2) is 120 Å². The molecule has 0 saturated heterocycles. The van der Waals surface area contributed by atoms with Crippen molar-refractivity contribution in [3.63, 3.8) is 0 Å². The van der Waals surface area contributed by atoms with Gasteiger partial charge in [0.15, 0.2) is 0 Å². The molecule has 0 fully saturated rings. The van der Waals surface area contributed by atoms with Crippen molar-refractivity contribution in [3.05, 3.63) is 0 Å². The van der Waals surface area contributed by atoms with E-state index in [1.807, 2.05) is 13.8 Å². The number of carboxylic acid groups (broad SMARTS) is 1. The molecule has 0 aliphatic heterocycles. The van der Waals surface area contributed by atoms with Gasteiger partial charge in [0.05, 0.1) is 19.1 Å². The lowest BCUT2D eigenvalue weighted by molar-refractivity contribution is -0.144. The Morgan fingerprint density at radius 2 is 1.05 bits per heavy atom. The summed E-state index contributed by atoms with van der Waals surface area (Å²) in [6, 6.07) is -7.41. The van der Waals surface area contributed by atoms with Crippen molar-refractivity contribution >= 4 is 53.2 Å². The number of rotatable bonds is 27. The first kappa shape index (κ1) is 53.1. The Balaban J connectivity index is 5.15. The summed E-state index contributed by atoms with van der Waals surface area (Å²) in [6.07, 6.45) is 2.55. The van der Waals surface area contributed by atoms with Gasteiger partial charge in [0.1, 0.15) is 36.3 Å². The number of hydrogen-bond donors (Lipinski definition) is 11. The monoisotopic (exact) mass is 827 g/mol. The number of carbonyl (C=O) groups excluding carboxylic acids is 8. The number of carboxylic acids is 1. The van der Waals surface area contributed by atoms with Crippen LogP contribution in [0.5, 0.6) is 0 Å². The van der Waals surface area contributed by atoms with Crippen molar-refractivity contribution in [1.29, 1.82) is 0 Å². The number of nitrogens with two attached hydrogens (primary N) is 2. The van der Waals surface area contributed by atoms with E-state index in [9.17, 15) is 48.3 Å². The van der Waals surface area contributed by atoms with Crippen LogP contribution in [0.25, 0.3) is 0 Å². The van der Waals surface area contributed by atoms with Gasteiger partial charge in [0.2, 0.25) is 47.3 Å². The fourth-order valence-corrected chi connectivity index (χ4v) is 5.43. The fourth-order valence-electron chi connectivity index (χ4n) is 5.43. The highest BCUT2D eigenvalue weighted by molar-refractivity contribution is 5.96. The van der Waals surface area contributed by atoms with Gasteiger partial charge in [-0.2, -0.15) is 0 Å². The average molecular weight is 827 g/mol. The van der Waals surface area contributed by atoms with Gasteiger partial charge in [-0.05, 0) is 63.3 Å². The van der Waals surface area contributed by atoms with E-state index < -0.39 is 120 Å². The van der Waals surface area contributed by atoms with Crippen molar-refractivity contribution in [2.45, 2.75) is 144 Å².